The molecule has 2 saturated carbocycles. The largest absolute Gasteiger partial charge is 0.479 e. The zero-order valence-corrected chi connectivity index (χ0v) is 19.1. The van der Waals surface area contributed by atoms with E-state index in [0.29, 0.717) is 35.0 Å². The molecule has 2 N–H and O–H groups in total. The van der Waals surface area contributed by atoms with Crippen LogP contribution in [0.25, 0.3) is 22.9 Å². The van der Waals surface area contributed by atoms with Crippen LogP contribution >= 0.6 is 0 Å². The van der Waals surface area contributed by atoms with Gasteiger partial charge in [-0.15, -0.1) is 0 Å². The maximum Gasteiger partial charge on any atom is 0.329 e. The smallest absolute Gasteiger partial charge is 0.329 e. The minimum absolute atomic E-state index is 0.0865. The van der Waals surface area contributed by atoms with Gasteiger partial charge in [0.25, 0.3) is 0 Å². The van der Waals surface area contributed by atoms with Gasteiger partial charge in [0.05, 0.1) is 18.4 Å². The highest BCUT2D eigenvalue weighted by molar-refractivity contribution is 5.84. The second-order valence-corrected chi connectivity index (χ2v) is 9.42. The number of benzene rings is 1. The maximum absolute atomic E-state index is 14.8. The van der Waals surface area contributed by atoms with Crippen molar-refractivity contribution in [3.05, 3.63) is 66.1 Å². The van der Waals surface area contributed by atoms with Crippen molar-refractivity contribution in [2.24, 2.45) is 11.8 Å². The Kier molecular flexibility index (Phi) is 5.27. The van der Waals surface area contributed by atoms with Gasteiger partial charge in [0, 0.05) is 11.6 Å². The van der Waals surface area contributed by atoms with Crippen LogP contribution in [0.1, 0.15) is 31.2 Å². The molecule has 11 heteroatoms. The third-order valence-electron chi connectivity index (χ3n) is 7.30. The van der Waals surface area contributed by atoms with E-state index in [2.05, 4.69) is 25.5 Å². The van der Waals surface area contributed by atoms with Gasteiger partial charge in [-0.2, -0.15) is 5.10 Å². The second-order valence-electron chi connectivity index (χ2n) is 9.42. The van der Waals surface area contributed by atoms with E-state index in [1.165, 1.54) is 12.3 Å². The molecule has 3 atom stereocenters. The molecular weight excluding hydrogens is 470 g/mol. The summed E-state index contributed by atoms with van der Waals surface area (Å²) in [6, 6.07) is 9.65. The first-order valence-corrected chi connectivity index (χ1v) is 11.7. The molecule has 2 bridgehead atoms. The summed E-state index contributed by atoms with van der Waals surface area (Å²) in [5.74, 6) is -1.99. The number of hydrogen-bond acceptors (Lipinski definition) is 7. The van der Waals surface area contributed by atoms with E-state index in [1.807, 2.05) is 0 Å². The van der Waals surface area contributed by atoms with Crippen molar-refractivity contribution in [2.75, 3.05) is 5.32 Å². The van der Waals surface area contributed by atoms with Gasteiger partial charge in [-0.1, -0.05) is 23.4 Å². The van der Waals surface area contributed by atoms with Gasteiger partial charge in [-0.05, 0) is 49.7 Å². The number of carboxylic acid groups (broad SMARTS) is 1. The molecule has 36 heavy (non-hydrogen) atoms. The molecule has 2 unspecified atom stereocenters. The summed E-state index contributed by atoms with van der Waals surface area (Å²) < 4.78 is 35.6. The Hall–Kier alpha value is -4.15. The molecule has 2 aliphatic carbocycles. The number of anilines is 1. The Morgan fingerprint density at radius 1 is 1.19 bits per heavy atom. The predicted octanol–water partition coefficient (Wildman–Crippen LogP) is 4.38. The number of nitrogens with one attached hydrogen (secondary N) is 1. The molecule has 2 fully saturated rings. The third-order valence-corrected chi connectivity index (χ3v) is 7.30. The van der Waals surface area contributed by atoms with E-state index in [9.17, 15) is 18.7 Å². The highest BCUT2D eigenvalue weighted by atomic mass is 19.1. The molecule has 184 valence electrons. The van der Waals surface area contributed by atoms with E-state index >= 15 is 0 Å². The number of halogens is 2. The summed E-state index contributed by atoms with van der Waals surface area (Å²) in [5, 5.41) is 21.5. The number of carboxylic acids is 1. The van der Waals surface area contributed by atoms with Gasteiger partial charge in [-0.25, -0.2) is 23.5 Å². The zero-order valence-electron chi connectivity index (χ0n) is 19.1. The van der Waals surface area contributed by atoms with E-state index in [-0.39, 0.29) is 29.9 Å². The average molecular weight is 492 g/mol. The molecule has 0 aliphatic heterocycles. The topological polar surface area (TPSA) is 119 Å². The van der Waals surface area contributed by atoms with E-state index in [0.717, 1.165) is 25.5 Å². The lowest BCUT2D eigenvalue weighted by Gasteiger charge is -2.34. The molecule has 0 saturated heterocycles. The fraction of sp³-hybridized carbons (Fsp3) is 0.320. The summed E-state index contributed by atoms with van der Waals surface area (Å²) in [6.45, 7) is 0.104. The van der Waals surface area contributed by atoms with Crippen molar-refractivity contribution in [1.82, 2.24) is 24.9 Å². The lowest BCUT2D eigenvalue weighted by molar-refractivity contribution is -0.144. The van der Waals surface area contributed by atoms with Crippen molar-refractivity contribution in [2.45, 2.75) is 37.8 Å². The highest BCUT2D eigenvalue weighted by Gasteiger charge is 2.56. The van der Waals surface area contributed by atoms with E-state index in [4.69, 9.17) is 4.52 Å². The van der Waals surface area contributed by atoms with Crippen molar-refractivity contribution in [3.63, 3.8) is 0 Å². The molecule has 1 aromatic carbocycles. The van der Waals surface area contributed by atoms with Crippen LogP contribution in [0.15, 0.2) is 53.4 Å². The van der Waals surface area contributed by atoms with Gasteiger partial charge in [0.15, 0.2) is 17.5 Å². The molecule has 2 aliphatic rings. The van der Waals surface area contributed by atoms with E-state index < -0.39 is 17.3 Å². The summed E-state index contributed by atoms with van der Waals surface area (Å²) in [6.07, 6.45) is 5.42. The van der Waals surface area contributed by atoms with E-state index in [1.54, 1.807) is 35.0 Å². The van der Waals surface area contributed by atoms with Crippen molar-refractivity contribution >= 4 is 11.8 Å². The van der Waals surface area contributed by atoms with Crippen LogP contribution in [0, 0.1) is 23.5 Å². The van der Waals surface area contributed by atoms with Crippen LogP contribution in [0.5, 0.6) is 0 Å². The van der Waals surface area contributed by atoms with Crippen molar-refractivity contribution in [1.29, 1.82) is 0 Å². The van der Waals surface area contributed by atoms with Gasteiger partial charge >= 0.3 is 5.97 Å². The SMILES string of the molecule is O=C(O)[C@@]1(Nc2nc(-c3cc(-c4ccon4)n(Cc4ccccc4F)n3)ncc2F)CC2CCC1C2. The second kappa shape index (κ2) is 8.51. The molecule has 0 amide bonds. The molecule has 3 aromatic heterocycles. The number of carbonyl (C=O) groups is 1. The molecule has 6 rings (SSSR count). The van der Waals surface area contributed by atoms with Gasteiger partial charge in [0.1, 0.15) is 29.0 Å². The summed E-state index contributed by atoms with van der Waals surface area (Å²) in [7, 11) is 0. The molecule has 0 radical (unpaired) electrons. The molecule has 3 heterocycles. The van der Waals surface area contributed by atoms with Gasteiger partial charge < -0.3 is 14.9 Å². The number of nitrogens with zero attached hydrogens (tertiary/aromatic N) is 5. The van der Waals surface area contributed by atoms with Crippen LogP contribution in [0.3, 0.4) is 0 Å². The number of aliphatic carboxylic acids is 1. The van der Waals surface area contributed by atoms with Crippen LogP contribution in [0.4, 0.5) is 14.6 Å². The molecule has 0 spiro atoms. The zero-order chi connectivity index (χ0) is 24.9. The Morgan fingerprint density at radius 3 is 2.75 bits per heavy atom. The van der Waals surface area contributed by atoms with Crippen LogP contribution < -0.4 is 5.32 Å². The monoisotopic (exact) mass is 492 g/mol. The quantitative estimate of drug-likeness (QED) is 0.390. The summed E-state index contributed by atoms with van der Waals surface area (Å²) >= 11 is 0. The lowest BCUT2D eigenvalue weighted by atomic mass is 9.81. The fourth-order valence-corrected chi connectivity index (χ4v) is 5.57. The first kappa shape index (κ1) is 22.3. The third kappa shape index (κ3) is 3.71. The number of hydrogen-bond donors (Lipinski definition) is 2. The Bertz CT molecular complexity index is 1440. The minimum Gasteiger partial charge on any atom is -0.479 e. The molecule has 4 aromatic rings. The number of fused-ring (bicyclic) bond motifs is 2. The fourth-order valence-electron chi connectivity index (χ4n) is 5.57. The Morgan fingerprint density at radius 2 is 2.06 bits per heavy atom. The molecule has 9 nitrogen and oxygen atoms in total. The van der Waals surface area contributed by atoms with Crippen LogP contribution in [-0.2, 0) is 11.3 Å². The number of rotatable bonds is 7. The van der Waals surface area contributed by atoms with Gasteiger partial charge in [-0.3, -0.25) is 4.68 Å². The van der Waals surface area contributed by atoms with Gasteiger partial charge in [0.2, 0.25) is 0 Å². The standard InChI is InChI=1S/C25H22F2N6O3/c26-17-4-2-1-3-15(17)13-33-21(19-7-8-36-32-19)10-20(31-33)23-28-12-18(27)22(29-23)30-25(24(34)35)11-14-5-6-16(25)9-14/h1-4,7-8,10,12,14,16H,5-6,9,11,13H2,(H,34,35)(H,28,29,30)/t14?,16?,25-/m1/s1. The highest BCUT2D eigenvalue weighted by Crippen LogP contribution is 2.52. The first-order chi connectivity index (χ1) is 17.4. The number of aromatic nitrogens is 5. The Balaban J connectivity index is 1.38. The van der Waals surface area contributed by atoms with Crippen molar-refractivity contribution < 1.29 is 23.2 Å². The summed E-state index contributed by atoms with van der Waals surface area (Å²) in [4.78, 5) is 20.7. The average Bonchev–Trinajstić information content (AvgIpc) is 3.66. The summed E-state index contributed by atoms with van der Waals surface area (Å²) in [5.41, 5.74) is 0.450. The molecular formula is C25H22F2N6O3. The maximum atomic E-state index is 14.8. The van der Waals surface area contributed by atoms with Crippen molar-refractivity contribution in [3.8, 4) is 22.9 Å². The van der Waals surface area contributed by atoms with Crippen LogP contribution in [0.2, 0.25) is 0 Å². The minimum atomic E-state index is -1.26. The predicted molar refractivity (Wildman–Crippen MR) is 124 cm³/mol. The lowest BCUT2D eigenvalue weighted by Crippen LogP contribution is -2.51. The van der Waals surface area contributed by atoms with Crippen LogP contribution in [-0.4, -0.2) is 41.5 Å². The first-order valence-electron chi connectivity index (χ1n) is 11.7. The normalized spacial score (nSPS) is 22.7. The Labute approximate surface area is 204 Å².